The molecule has 0 fully saturated rings. The number of carbonyl (C=O) groups excluding carboxylic acids is 1. The van der Waals surface area contributed by atoms with E-state index in [1.165, 1.54) is 5.56 Å². The summed E-state index contributed by atoms with van der Waals surface area (Å²) in [6.07, 6.45) is 0. The highest BCUT2D eigenvalue weighted by molar-refractivity contribution is 5.78. The molecule has 1 heterocycles. The molecular weight excluding hydrogens is 354 g/mol. The molecule has 3 aromatic carbocycles. The summed E-state index contributed by atoms with van der Waals surface area (Å²) in [4.78, 5) is 12.2. The Morgan fingerprint density at radius 2 is 1.68 bits per heavy atom. The van der Waals surface area contributed by atoms with E-state index in [-0.39, 0.29) is 25.3 Å². The van der Waals surface area contributed by atoms with Crippen molar-refractivity contribution in [1.82, 2.24) is 5.32 Å². The number of fused-ring (bicyclic) bond motifs is 1. The van der Waals surface area contributed by atoms with Crippen LogP contribution in [0.4, 0.5) is 0 Å². The highest BCUT2D eigenvalue weighted by Crippen LogP contribution is 2.35. The van der Waals surface area contributed by atoms with E-state index in [2.05, 4.69) is 29.6 Å². The van der Waals surface area contributed by atoms with Crippen LogP contribution in [0.1, 0.15) is 18.5 Å². The van der Waals surface area contributed by atoms with Gasteiger partial charge in [-0.1, -0.05) is 54.6 Å². The molecule has 1 N–H and O–H groups in total. The van der Waals surface area contributed by atoms with Crippen molar-refractivity contribution in [1.29, 1.82) is 0 Å². The van der Waals surface area contributed by atoms with E-state index in [1.54, 1.807) is 18.2 Å². The molecule has 0 saturated carbocycles. The summed E-state index contributed by atoms with van der Waals surface area (Å²) < 4.78 is 16.1. The third kappa shape index (κ3) is 4.09. The zero-order valence-corrected chi connectivity index (χ0v) is 15.6. The second kappa shape index (κ2) is 8.05. The molecule has 142 valence electrons. The molecule has 0 radical (unpaired) electrons. The van der Waals surface area contributed by atoms with Crippen LogP contribution in [0.2, 0.25) is 0 Å². The number of hydrogen-bond donors (Lipinski definition) is 1. The fourth-order valence-corrected chi connectivity index (χ4v) is 3.08. The summed E-state index contributed by atoms with van der Waals surface area (Å²) in [5.74, 6) is 1.70. The van der Waals surface area contributed by atoms with Crippen molar-refractivity contribution in [2.75, 3.05) is 13.4 Å². The minimum Gasteiger partial charge on any atom is -0.484 e. The molecule has 0 spiro atoms. The van der Waals surface area contributed by atoms with Crippen LogP contribution in [0.25, 0.3) is 11.1 Å². The lowest BCUT2D eigenvalue weighted by Crippen LogP contribution is -2.31. The summed E-state index contributed by atoms with van der Waals surface area (Å²) >= 11 is 0. The van der Waals surface area contributed by atoms with E-state index in [0.717, 1.165) is 11.1 Å². The molecule has 1 aliphatic rings. The molecule has 4 rings (SSSR count). The average molecular weight is 375 g/mol. The maximum absolute atomic E-state index is 12.2. The minimum absolute atomic E-state index is 0.0634. The Morgan fingerprint density at radius 1 is 0.964 bits per heavy atom. The van der Waals surface area contributed by atoms with Crippen LogP contribution in [0.15, 0.2) is 72.8 Å². The van der Waals surface area contributed by atoms with Gasteiger partial charge in [-0.15, -0.1) is 0 Å². The van der Waals surface area contributed by atoms with E-state index >= 15 is 0 Å². The van der Waals surface area contributed by atoms with Gasteiger partial charge in [-0.3, -0.25) is 4.79 Å². The van der Waals surface area contributed by atoms with Crippen LogP contribution in [0.5, 0.6) is 17.2 Å². The lowest BCUT2D eigenvalue weighted by molar-refractivity contribution is -0.123. The number of ether oxygens (including phenoxy) is 3. The second-order valence-corrected chi connectivity index (χ2v) is 6.58. The zero-order valence-electron chi connectivity index (χ0n) is 15.6. The van der Waals surface area contributed by atoms with E-state index in [0.29, 0.717) is 17.2 Å². The lowest BCUT2D eigenvalue weighted by Gasteiger charge is -2.15. The van der Waals surface area contributed by atoms with Crippen LogP contribution < -0.4 is 19.5 Å². The molecule has 5 heteroatoms. The van der Waals surface area contributed by atoms with Gasteiger partial charge in [0.2, 0.25) is 6.79 Å². The number of amides is 1. The summed E-state index contributed by atoms with van der Waals surface area (Å²) in [6.45, 7) is 2.10. The number of rotatable bonds is 6. The highest BCUT2D eigenvalue weighted by atomic mass is 16.7. The first-order valence-electron chi connectivity index (χ1n) is 9.16. The predicted molar refractivity (Wildman–Crippen MR) is 106 cm³/mol. The fraction of sp³-hybridized carbons (Fsp3) is 0.174. The number of hydrogen-bond acceptors (Lipinski definition) is 4. The zero-order chi connectivity index (χ0) is 19.3. The molecule has 1 amide bonds. The molecule has 3 aromatic rings. The molecular formula is C23H21NO4. The van der Waals surface area contributed by atoms with Gasteiger partial charge in [0.05, 0.1) is 6.04 Å². The second-order valence-electron chi connectivity index (χ2n) is 6.58. The normalized spacial score (nSPS) is 13.0. The van der Waals surface area contributed by atoms with Gasteiger partial charge in [0.15, 0.2) is 18.1 Å². The van der Waals surface area contributed by atoms with E-state index in [9.17, 15) is 4.79 Å². The van der Waals surface area contributed by atoms with Crippen molar-refractivity contribution in [3.8, 4) is 28.4 Å². The lowest BCUT2D eigenvalue weighted by atomic mass is 10.0. The van der Waals surface area contributed by atoms with Gasteiger partial charge in [0.25, 0.3) is 5.91 Å². The quantitative estimate of drug-likeness (QED) is 0.696. The van der Waals surface area contributed by atoms with Gasteiger partial charge in [-0.25, -0.2) is 0 Å². The Balaban J connectivity index is 1.31. The Bertz CT molecular complexity index is 954. The Hall–Kier alpha value is -3.47. The van der Waals surface area contributed by atoms with E-state index in [4.69, 9.17) is 14.2 Å². The smallest absolute Gasteiger partial charge is 0.258 e. The van der Waals surface area contributed by atoms with E-state index in [1.807, 2.05) is 37.3 Å². The molecule has 28 heavy (non-hydrogen) atoms. The number of benzene rings is 3. The molecule has 0 aromatic heterocycles. The largest absolute Gasteiger partial charge is 0.484 e. The van der Waals surface area contributed by atoms with Gasteiger partial charge in [-0.2, -0.15) is 0 Å². The van der Waals surface area contributed by atoms with Gasteiger partial charge in [0.1, 0.15) is 5.75 Å². The number of carbonyl (C=O) groups is 1. The molecule has 0 saturated heterocycles. The molecule has 0 bridgehead atoms. The van der Waals surface area contributed by atoms with Gasteiger partial charge >= 0.3 is 0 Å². The van der Waals surface area contributed by atoms with Gasteiger partial charge in [-0.05, 0) is 35.7 Å². The standard InChI is InChI=1S/C23H21NO4/c1-16(17-7-9-19(10-8-17)18-5-3-2-4-6-18)24-23(25)14-26-20-11-12-21-22(13-20)28-15-27-21/h2-13,16H,14-15H2,1H3,(H,24,25). The van der Waals surface area contributed by atoms with E-state index < -0.39 is 0 Å². The van der Waals surface area contributed by atoms with Crippen molar-refractivity contribution in [3.05, 3.63) is 78.4 Å². The summed E-state index contributed by atoms with van der Waals surface area (Å²) in [6, 6.07) is 23.5. The maximum Gasteiger partial charge on any atom is 0.258 e. The van der Waals surface area contributed by atoms with Crippen molar-refractivity contribution < 1.29 is 19.0 Å². The first kappa shape index (κ1) is 17.9. The van der Waals surface area contributed by atoms with Crippen LogP contribution in [0.3, 0.4) is 0 Å². The Morgan fingerprint density at radius 3 is 2.46 bits per heavy atom. The molecule has 1 aliphatic heterocycles. The first-order chi connectivity index (χ1) is 13.7. The topological polar surface area (TPSA) is 56.8 Å². The van der Waals surface area contributed by atoms with Crippen molar-refractivity contribution >= 4 is 5.91 Å². The minimum atomic E-state index is -0.183. The van der Waals surface area contributed by atoms with Crippen LogP contribution in [0, 0.1) is 0 Å². The SMILES string of the molecule is CC(NC(=O)COc1ccc2c(c1)OCO2)c1ccc(-c2ccccc2)cc1. The predicted octanol–water partition coefficient (Wildman–Crippen LogP) is 4.34. The third-order valence-electron chi connectivity index (χ3n) is 4.61. The maximum atomic E-state index is 12.2. The summed E-state index contributed by atoms with van der Waals surface area (Å²) in [5.41, 5.74) is 3.35. The van der Waals surface area contributed by atoms with Crippen molar-refractivity contribution in [3.63, 3.8) is 0 Å². The fourth-order valence-electron chi connectivity index (χ4n) is 3.08. The highest BCUT2D eigenvalue weighted by Gasteiger charge is 2.15. The monoisotopic (exact) mass is 375 g/mol. The average Bonchev–Trinajstić information content (AvgIpc) is 3.21. The number of nitrogens with one attached hydrogen (secondary N) is 1. The van der Waals surface area contributed by atoms with Gasteiger partial charge < -0.3 is 19.5 Å². The van der Waals surface area contributed by atoms with Gasteiger partial charge in [0, 0.05) is 6.07 Å². The summed E-state index contributed by atoms with van der Waals surface area (Å²) in [5, 5.41) is 2.96. The Labute approximate surface area is 163 Å². The van der Waals surface area contributed by atoms with Crippen LogP contribution in [-0.2, 0) is 4.79 Å². The third-order valence-corrected chi connectivity index (χ3v) is 4.61. The molecule has 1 atom stereocenters. The van der Waals surface area contributed by atoms with Crippen LogP contribution >= 0.6 is 0 Å². The molecule has 1 unspecified atom stereocenters. The summed E-state index contributed by atoms with van der Waals surface area (Å²) in [7, 11) is 0. The van der Waals surface area contributed by atoms with Crippen LogP contribution in [-0.4, -0.2) is 19.3 Å². The Kier molecular flexibility index (Phi) is 5.15. The van der Waals surface area contributed by atoms with Crippen molar-refractivity contribution in [2.24, 2.45) is 0 Å². The van der Waals surface area contributed by atoms with Crippen molar-refractivity contribution in [2.45, 2.75) is 13.0 Å². The molecule has 5 nitrogen and oxygen atoms in total. The first-order valence-corrected chi connectivity index (χ1v) is 9.16. The molecule has 0 aliphatic carbocycles.